The molecule has 0 aliphatic heterocycles. The highest BCUT2D eigenvalue weighted by molar-refractivity contribution is 6.00. The van der Waals surface area contributed by atoms with E-state index in [2.05, 4.69) is 10.3 Å². The number of carbonyl (C=O) groups is 1. The van der Waals surface area contributed by atoms with Crippen LogP contribution in [0.15, 0.2) is 67.0 Å². The monoisotopic (exact) mass is 425 g/mol. The summed E-state index contributed by atoms with van der Waals surface area (Å²) in [4.78, 5) is 22.1. The second-order valence-corrected chi connectivity index (χ2v) is 8.90. The number of aromatic nitrogens is 2. The van der Waals surface area contributed by atoms with Gasteiger partial charge >= 0.3 is 5.97 Å². The molecule has 0 aliphatic rings. The number of ether oxygens (including phenoxy) is 1. The second-order valence-electron chi connectivity index (χ2n) is 8.90. The summed E-state index contributed by atoms with van der Waals surface area (Å²) < 4.78 is 5.66. The van der Waals surface area contributed by atoms with Crippen molar-refractivity contribution in [3.05, 3.63) is 83.7 Å². The Morgan fingerprint density at radius 1 is 0.938 bits per heavy atom. The van der Waals surface area contributed by atoms with Crippen LogP contribution in [0.1, 0.15) is 42.3 Å². The molecule has 0 aliphatic carbocycles. The van der Waals surface area contributed by atoms with E-state index in [1.54, 1.807) is 12.4 Å². The van der Waals surface area contributed by atoms with Crippen molar-refractivity contribution in [2.75, 3.05) is 5.32 Å². The predicted octanol–water partition coefficient (Wildman–Crippen LogP) is 6.61. The van der Waals surface area contributed by atoms with Gasteiger partial charge in [0.05, 0.1) is 28.1 Å². The highest BCUT2D eigenvalue weighted by atomic mass is 16.6. The molecule has 0 saturated carbocycles. The van der Waals surface area contributed by atoms with Crippen LogP contribution < -0.4 is 5.32 Å². The van der Waals surface area contributed by atoms with Crippen LogP contribution in [0.2, 0.25) is 0 Å². The average Bonchev–Trinajstić information content (AvgIpc) is 2.74. The number of pyridine rings is 2. The molecule has 2 aromatic carbocycles. The van der Waals surface area contributed by atoms with Crippen molar-refractivity contribution >= 4 is 28.2 Å². The lowest BCUT2D eigenvalue weighted by Crippen LogP contribution is -2.24. The number of hydrogen-bond acceptors (Lipinski definition) is 5. The molecule has 5 nitrogen and oxygen atoms in total. The SMILES string of the molecule is Cc1ccc(Nc2c(C)ccnc2-c2cccc3ncccc23)c(C(=O)OC(C)(C)C)c1. The Kier molecular flexibility index (Phi) is 5.66. The van der Waals surface area contributed by atoms with Gasteiger partial charge in [-0.25, -0.2) is 4.79 Å². The van der Waals surface area contributed by atoms with Crippen LogP contribution in [0.3, 0.4) is 0 Å². The fourth-order valence-corrected chi connectivity index (χ4v) is 3.63. The molecule has 0 saturated heterocycles. The Morgan fingerprint density at radius 3 is 2.53 bits per heavy atom. The van der Waals surface area contributed by atoms with Gasteiger partial charge in [-0.15, -0.1) is 0 Å². The minimum Gasteiger partial charge on any atom is -0.456 e. The van der Waals surface area contributed by atoms with Crippen molar-refractivity contribution in [2.45, 2.75) is 40.2 Å². The van der Waals surface area contributed by atoms with Gasteiger partial charge in [-0.05, 0) is 70.5 Å². The summed E-state index contributed by atoms with van der Waals surface area (Å²) >= 11 is 0. The van der Waals surface area contributed by atoms with Gasteiger partial charge in [0.2, 0.25) is 0 Å². The van der Waals surface area contributed by atoms with Gasteiger partial charge in [-0.1, -0.05) is 29.8 Å². The summed E-state index contributed by atoms with van der Waals surface area (Å²) in [5.41, 5.74) is 6.14. The maximum absolute atomic E-state index is 13.0. The van der Waals surface area contributed by atoms with Crippen LogP contribution in [0.5, 0.6) is 0 Å². The summed E-state index contributed by atoms with van der Waals surface area (Å²) in [7, 11) is 0. The third-order valence-electron chi connectivity index (χ3n) is 5.11. The van der Waals surface area contributed by atoms with Gasteiger partial charge in [-0.2, -0.15) is 0 Å². The number of hydrogen-bond donors (Lipinski definition) is 1. The van der Waals surface area contributed by atoms with Gasteiger partial charge in [0.15, 0.2) is 0 Å². The highest BCUT2D eigenvalue weighted by Crippen LogP contribution is 2.36. The molecule has 0 amide bonds. The maximum atomic E-state index is 13.0. The Bertz CT molecular complexity index is 1300. The van der Waals surface area contributed by atoms with Crippen molar-refractivity contribution < 1.29 is 9.53 Å². The molecule has 0 atom stereocenters. The average molecular weight is 426 g/mol. The Balaban J connectivity index is 1.83. The van der Waals surface area contributed by atoms with Crippen LogP contribution in [-0.2, 0) is 4.74 Å². The van der Waals surface area contributed by atoms with E-state index in [-0.39, 0.29) is 5.97 Å². The first-order valence-corrected chi connectivity index (χ1v) is 10.6. The number of anilines is 2. The van der Waals surface area contributed by atoms with Crippen molar-refractivity contribution in [1.29, 1.82) is 0 Å². The minimum absolute atomic E-state index is 0.360. The van der Waals surface area contributed by atoms with E-state index in [0.717, 1.165) is 39.0 Å². The van der Waals surface area contributed by atoms with Crippen molar-refractivity contribution in [2.24, 2.45) is 0 Å². The molecular weight excluding hydrogens is 398 g/mol. The van der Waals surface area contributed by atoms with Gasteiger partial charge in [0, 0.05) is 23.3 Å². The fraction of sp³-hybridized carbons (Fsp3) is 0.222. The van der Waals surface area contributed by atoms with E-state index < -0.39 is 5.60 Å². The molecule has 0 spiro atoms. The molecule has 32 heavy (non-hydrogen) atoms. The first kappa shape index (κ1) is 21.5. The predicted molar refractivity (Wildman–Crippen MR) is 129 cm³/mol. The number of aryl methyl sites for hydroxylation is 2. The summed E-state index contributed by atoms with van der Waals surface area (Å²) in [6.07, 6.45) is 3.59. The normalized spacial score (nSPS) is 11.4. The molecular formula is C27H27N3O2. The van der Waals surface area contributed by atoms with Gasteiger partial charge in [-0.3, -0.25) is 9.97 Å². The molecule has 162 valence electrons. The molecule has 0 fully saturated rings. The number of nitrogens with zero attached hydrogens (tertiary/aromatic N) is 2. The van der Waals surface area contributed by atoms with Gasteiger partial charge in [0.25, 0.3) is 0 Å². The number of rotatable bonds is 4. The van der Waals surface area contributed by atoms with E-state index in [1.165, 1.54) is 0 Å². The lowest BCUT2D eigenvalue weighted by atomic mass is 10.0. The lowest BCUT2D eigenvalue weighted by molar-refractivity contribution is 0.00706. The van der Waals surface area contributed by atoms with E-state index >= 15 is 0 Å². The summed E-state index contributed by atoms with van der Waals surface area (Å²) in [6, 6.07) is 17.7. The second kappa shape index (κ2) is 8.42. The van der Waals surface area contributed by atoms with Crippen LogP contribution in [0.25, 0.3) is 22.2 Å². The van der Waals surface area contributed by atoms with E-state index in [4.69, 9.17) is 9.72 Å². The van der Waals surface area contributed by atoms with Crippen LogP contribution >= 0.6 is 0 Å². The van der Waals surface area contributed by atoms with Crippen molar-refractivity contribution in [1.82, 2.24) is 9.97 Å². The number of nitrogens with one attached hydrogen (secondary N) is 1. The summed E-state index contributed by atoms with van der Waals surface area (Å²) in [5.74, 6) is -0.360. The zero-order valence-electron chi connectivity index (χ0n) is 19.1. The van der Waals surface area contributed by atoms with Crippen molar-refractivity contribution in [3.8, 4) is 11.3 Å². The Morgan fingerprint density at radius 2 is 1.75 bits per heavy atom. The summed E-state index contributed by atoms with van der Waals surface area (Å²) in [5, 5.41) is 4.50. The third-order valence-corrected chi connectivity index (χ3v) is 5.11. The van der Waals surface area contributed by atoms with Crippen LogP contribution in [0, 0.1) is 13.8 Å². The third kappa shape index (κ3) is 4.47. The van der Waals surface area contributed by atoms with E-state index in [1.807, 2.05) is 89.2 Å². The van der Waals surface area contributed by atoms with Crippen LogP contribution in [0.4, 0.5) is 11.4 Å². The largest absolute Gasteiger partial charge is 0.456 e. The van der Waals surface area contributed by atoms with E-state index in [0.29, 0.717) is 11.3 Å². The first-order chi connectivity index (χ1) is 15.2. The first-order valence-electron chi connectivity index (χ1n) is 10.6. The molecule has 1 N–H and O–H groups in total. The Hall–Kier alpha value is -3.73. The minimum atomic E-state index is -0.580. The lowest BCUT2D eigenvalue weighted by Gasteiger charge is -2.22. The number of esters is 1. The number of fused-ring (bicyclic) bond motifs is 1. The standard InChI is InChI=1S/C27H27N3O2/c1-17-11-12-23(21(16-17)26(31)32-27(3,4)5)30-24-18(2)13-15-29-25(24)20-8-6-10-22-19(20)9-7-14-28-22/h6-16,30H,1-5H3. The molecule has 0 bridgehead atoms. The molecule has 2 aromatic heterocycles. The van der Waals surface area contributed by atoms with Gasteiger partial charge in [0.1, 0.15) is 5.60 Å². The maximum Gasteiger partial charge on any atom is 0.340 e. The highest BCUT2D eigenvalue weighted by Gasteiger charge is 2.22. The van der Waals surface area contributed by atoms with Crippen molar-refractivity contribution in [3.63, 3.8) is 0 Å². The topological polar surface area (TPSA) is 64.1 Å². The molecule has 4 rings (SSSR count). The molecule has 5 heteroatoms. The Labute approximate surface area is 188 Å². The number of carbonyl (C=O) groups excluding carboxylic acids is 1. The van der Waals surface area contributed by atoms with Crippen LogP contribution in [-0.4, -0.2) is 21.5 Å². The van der Waals surface area contributed by atoms with E-state index in [9.17, 15) is 4.79 Å². The smallest absolute Gasteiger partial charge is 0.340 e. The molecule has 4 aromatic rings. The number of benzene rings is 2. The fourth-order valence-electron chi connectivity index (χ4n) is 3.63. The van der Waals surface area contributed by atoms with Gasteiger partial charge < -0.3 is 10.1 Å². The molecule has 0 radical (unpaired) electrons. The quantitative estimate of drug-likeness (QED) is 0.373. The molecule has 2 heterocycles. The molecule has 0 unspecified atom stereocenters. The summed E-state index contributed by atoms with van der Waals surface area (Å²) in [6.45, 7) is 9.59. The zero-order valence-corrected chi connectivity index (χ0v) is 19.1. The zero-order chi connectivity index (χ0) is 22.9.